The first-order valence-electron chi connectivity index (χ1n) is 11.4. The van der Waals surface area contributed by atoms with E-state index in [0.717, 1.165) is 23.2 Å². The van der Waals surface area contributed by atoms with Gasteiger partial charge in [0.15, 0.2) is 0 Å². The summed E-state index contributed by atoms with van der Waals surface area (Å²) >= 11 is 0. The van der Waals surface area contributed by atoms with Gasteiger partial charge in [-0.15, -0.1) is 0 Å². The van der Waals surface area contributed by atoms with Crippen molar-refractivity contribution in [3.8, 4) is 11.5 Å². The summed E-state index contributed by atoms with van der Waals surface area (Å²) in [4.78, 5) is 29.1. The van der Waals surface area contributed by atoms with Crippen LogP contribution in [-0.4, -0.2) is 60.0 Å². The van der Waals surface area contributed by atoms with Crippen molar-refractivity contribution in [2.24, 2.45) is 0 Å². The summed E-state index contributed by atoms with van der Waals surface area (Å²) < 4.78 is 12.0. The summed E-state index contributed by atoms with van der Waals surface area (Å²) in [6, 6.07) is 10.5. The van der Waals surface area contributed by atoms with Crippen LogP contribution in [0.5, 0.6) is 11.5 Å². The Morgan fingerprint density at radius 2 is 2.00 bits per heavy atom. The molecule has 1 fully saturated rings. The molecule has 1 unspecified atom stereocenters. The Labute approximate surface area is 199 Å². The van der Waals surface area contributed by atoms with Gasteiger partial charge in [0.2, 0.25) is 5.91 Å². The minimum Gasteiger partial charge on any atom is -0.492 e. The molecule has 0 spiro atoms. The Morgan fingerprint density at radius 1 is 1.18 bits per heavy atom. The molecule has 2 amide bonds. The quantitative estimate of drug-likeness (QED) is 0.591. The second-order valence-electron chi connectivity index (χ2n) is 8.90. The predicted octanol–water partition coefficient (Wildman–Crippen LogP) is 2.45. The largest absolute Gasteiger partial charge is 0.492 e. The minimum absolute atomic E-state index is 0.106. The van der Waals surface area contributed by atoms with Gasteiger partial charge < -0.3 is 29.7 Å². The average molecular weight is 466 g/mol. The highest BCUT2D eigenvalue weighted by Crippen LogP contribution is 2.34. The lowest BCUT2D eigenvalue weighted by Gasteiger charge is -2.31. The van der Waals surface area contributed by atoms with Crippen LogP contribution < -0.4 is 14.8 Å². The average Bonchev–Trinajstić information content (AvgIpc) is 3.14. The van der Waals surface area contributed by atoms with Gasteiger partial charge in [0, 0.05) is 28.9 Å². The van der Waals surface area contributed by atoms with Gasteiger partial charge >= 0.3 is 0 Å². The first-order chi connectivity index (χ1) is 16.4. The van der Waals surface area contributed by atoms with E-state index < -0.39 is 6.04 Å². The van der Waals surface area contributed by atoms with Crippen LogP contribution in [0.25, 0.3) is 0 Å². The van der Waals surface area contributed by atoms with Crippen molar-refractivity contribution < 1.29 is 24.2 Å². The first kappa shape index (κ1) is 23.8. The lowest BCUT2D eigenvalue weighted by Crippen LogP contribution is -2.49. The molecule has 0 radical (unpaired) electrons. The van der Waals surface area contributed by atoms with E-state index in [0.29, 0.717) is 48.8 Å². The Morgan fingerprint density at radius 3 is 2.74 bits per heavy atom. The maximum Gasteiger partial charge on any atom is 0.255 e. The van der Waals surface area contributed by atoms with Crippen LogP contribution in [0.15, 0.2) is 48.7 Å². The fraction of sp³-hybridized carbons (Fsp3) is 0.385. The molecule has 2 aromatic rings. The third-order valence-corrected chi connectivity index (χ3v) is 6.14. The second-order valence-corrected chi connectivity index (χ2v) is 8.90. The number of rotatable bonds is 9. The predicted molar refractivity (Wildman–Crippen MR) is 127 cm³/mol. The van der Waals surface area contributed by atoms with Crippen molar-refractivity contribution in [1.29, 1.82) is 0 Å². The highest BCUT2D eigenvalue weighted by molar-refractivity contribution is 6.02. The van der Waals surface area contributed by atoms with Crippen LogP contribution in [0.2, 0.25) is 0 Å². The molecule has 0 aliphatic carbocycles. The summed E-state index contributed by atoms with van der Waals surface area (Å²) in [5.74, 6) is 0.910. The van der Waals surface area contributed by atoms with E-state index >= 15 is 0 Å². The molecule has 8 heteroatoms. The Kier molecular flexibility index (Phi) is 7.19. The number of amides is 2. The van der Waals surface area contributed by atoms with Gasteiger partial charge in [-0.05, 0) is 50.7 Å². The Hall–Kier alpha value is -3.36. The zero-order valence-corrected chi connectivity index (χ0v) is 19.7. The third kappa shape index (κ3) is 5.08. The Bertz CT molecular complexity index is 1100. The van der Waals surface area contributed by atoms with E-state index in [-0.39, 0.29) is 25.0 Å². The van der Waals surface area contributed by atoms with Crippen molar-refractivity contribution in [1.82, 2.24) is 15.1 Å². The molecule has 34 heavy (non-hydrogen) atoms. The zero-order chi connectivity index (χ0) is 24.2. The van der Waals surface area contributed by atoms with Crippen LogP contribution in [0.4, 0.5) is 0 Å². The van der Waals surface area contributed by atoms with Crippen LogP contribution in [0.1, 0.15) is 39.9 Å². The van der Waals surface area contributed by atoms with E-state index in [1.807, 2.05) is 43.3 Å². The Balaban J connectivity index is 1.46. The van der Waals surface area contributed by atoms with E-state index in [2.05, 4.69) is 11.9 Å². The van der Waals surface area contributed by atoms with Crippen molar-refractivity contribution in [3.05, 3.63) is 70.9 Å². The number of ether oxygens (including phenoxy) is 2. The van der Waals surface area contributed by atoms with E-state index in [1.54, 1.807) is 17.0 Å². The second kappa shape index (κ2) is 10.3. The third-order valence-electron chi connectivity index (χ3n) is 6.14. The van der Waals surface area contributed by atoms with Crippen LogP contribution in [-0.2, 0) is 24.6 Å². The maximum atomic E-state index is 13.0. The molecule has 2 aromatic carbocycles. The van der Waals surface area contributed by atoms with E-state index in [9.17, 15) is 14.7 Å². The maximum absolute atomic E-state index is 13.0. The number of carbonyl (C=O) groups is 2. The lowest BCUT2D eigenvalue weighted by molar-refractivity contribution is -0.126. The van der Waals surface area contributed by atoms with Crippen LogP contribution in [0.3, 0.4) is 0 Å². The number of nitrogens with zero attached hydrogens (tertiary/aromatic N) is 2. The lowest BCUT2D eigenvalue weighted by atomic mass is 10.0. The molecule has 8 nitrogen and oxygen atoms in total. The topological polar surface area (TPSA) is 91.3 Å². The summed E-state index contributed by atoms with van der Waals surface area (Å²) in [7, 11) is 3.95. The first-order valence-corrected chi connectivity index (χ1v) is 11.4. The van der Waals surface area contributed by atoms with Crippen LogP contribution >= 0.6 is 0 Å². The number of likely N-dealkylation sites (N-methyl/N-ethyl adjacent to an activating group) is 1. The fourth-order valence-corrected chi connectivity index (χ4v) is 4.23. The zero-order valence-electron chi connectivity index (χ0n) is 19.7. The molecule has 1 atom stereocenters. The van der Waals surface area contributed by atoms with E-state index in [4.69, 9.17) is 9.47 Å². The highest BCUT2D eigenvalue weighted by atomic mass is 16.5. The van der Waals surface area contributed by atoms with Crippen molar-refractivity contribution in [2.45, 2.75) is 38.6 Å². The van der Waals surface area contributed by atoms with Gasteiger partial charge in [0.05, 0.1) is 13.2 Å². The number of nitrogens with one attached hydrogen (secondary N) is 1. The van der Waals surface area contributed by atoms with Gasteiger partial charge in [-0.2, -0.15) is 0 Å². The molecular weight excluding hydrogens is 434 g/mol. The van der Waals surface area contributed by atoms with Crippen LogP contribution in [0, 0.1) is 0 Å². The number of allylic oxidation sites excluding steroid dienone is 1. The smallest absolute Gasteiger partial charge is 0.255 e. The summed E-state index contributed by atoms with van der Waals surface area (Å²) in [6.07, 6.45) is 1.22. The molecule has 0 aromatic heterocycles. The van der Waals surface area contributed by atoms with Crippen molar-refractivity contribution >= 4 is 11.8 Å². The number of aliphatic hydroxyl groups excluding tert-OH is 1. The summed E-state index contributed by atoms with van der Waals surface area (Å²) in [6.45, 7) is 5.59. The van der Waals surface area contributed by atoms with Crippen molar-refractivity contribution in [2.75, 3.05) is 27.2 Å². The molecule has 0 bridgehead atoms. The standard InChI is InChI=1S/C26H31N3O5/c1-17-7-10-22(25(31)27-17)29-14-21-20(26(29)32)5-4-6-23(21)34-16-18-8-9-19(15-30)24(13-18)33-12-11-28(2)3/h4-6,8-9,13,22,30H,1,7,10-12,14-16H2,2-3H3,(H,27,31). The molecule has 0 saturated carbocycles. The number of hydrogen-bond acceptors (Lipinski definition) is 6. The summed E-state index contributed by atoms with van der Waals surface area (Å²) in [5.41, 5.74) is 3.66. The SMILES string of the molecule is C=C1CCC(N2Cc3c(OCc4ccc(CO)c(OCCN(C)C)c4)cccc3C2=O)C(=O)N1. The molecule has 2 N–H and O–H groups in total. The monoisotopic (exact) mass is 465 g/mol. The number of aliphatic hydroxyl groups is 1. The van der Waals surface area contributed by atoms with Gasteiger partial charge in [-0.3, -0.25) is 9.59 Å². The number of carbonyl (C=O) groups excluding carboxylic acids is 2. The number of piperidine rings is 1. The molecule has 2 aliphatic rings. The van der Waals surface area contributed by atoms with Gasteiger partial charge in [-0.1, -0.05) is 24.8 Å². The van der Waals surface area contributed by atoms with Gasteiger partial charge in [0.25, 0.3) is 5.91 Å². The summed E-state index contributed by atoms with van der Waals surface area (Å²) in [5, 5.41) is 12.4. The van der Waals surface area contributed by atoms with Gasteiger partial charge in [-0.25, -0.2) is 0 Å². The van der Waals surface area contributed by atoms with Gasteiger partial charge in [0.1, 0.15) is 30.8 Å². The van der Waals surface area contributed by atoms with Crippen molar-refractivity contribution in [3.63, 3.8) is 0 Å². The van der Waals surface area contributed by atoms with E-state index in [1.165, 1.54) is 0 Å². The molecule has 2 heterocycles. The number of hydrogen-bond donors (Lipinski definition) is 2. The molecule has 1 saturated heterocycles. The normalized spacial score (nSPS) is 17.7. The molecular formula is C26H31N3O5. The molecule has 2 aliphatic heterocycles. The molecule has 4 rings (SSSR count). The fourth-order valence-electron chi connectivity index (χ4n) is 4.23. The number of benzene rings is 2. The highest BCUT2D eigenvalue weighted by Gasteiger charge is 2.39. The number of fused-ring (bicyclic) bond motifs is 1. The molecule has 180 valence electrons. The minimum atomic E-state index is -0.508.